The lowest BCUT2D eigenvalue weighted by atomic mass is 9.62. The lowest BCUT2D eigenvalue weighted by Gasteiger charge is -2.42. The number of hydrogen-bond acceptors (Lipinski definition) is 0. The van der Waals surface area contributed by atoms with E-state index in [0.717, 1.165) is 30.5 Å². The van der Waals surface area contributed by atoms with Gasteiger partial charge < -0.3 is 0 Å². The average molecular weight is 282 g/mol. The summed E-state index contributed by atoms with van der Waals surface area (Å²) in [7, 11) is 0. The van der Waals surface area contributed by atoms with E-state index in [4.69, 9.17) is 0 Å². The molecule has 0 nitrogen and oxygen atoms in total. The monoisotopic (exact) mass is 282 g/mol. The van der Waals surface area contributed by atoms with Crippen LogP contribution in [0.3, 0.4) is 0 Å². The Kier molecular flexibility index (Phi) is 3.99. The van der Waals surface area contributed by atoms with Crippen molar-refractivity contribution in [3.05, 3.63) is 46.8 Å². The van der Waals surface area contributed by atoms with Crippen LogP contribution < -0.4 is 0 Å². The fourth-order valence-electron chi connectivity index (χ4n) is 3.71. The second-order valence-electron chi connectivity index (χ2n) is 6.41. The quantitative estimate of drug-likeness (QED) is 0.639. The highest BCUT2D eigenvalue weighted by molar-refractivity contribution is 5.37. The minimum Gasteiger partial charge on any atom is -0.207 e. The number of hydrogen-bond donors (Lipinski definition) is 0. The molecule has 1 aromatic carbocycles. The Bertz CT molecular complexity index is 522. The van der Waals surface area contributed by atoms with E-state index in [1.54, 1.807) is 0 Å². The van der Waals surface area contributed by atoms with Crippen LogP contribution in [-0.4, -0.2) is 0 Å². The summed E-state index contributed by atoms with van der Waals surface area (Å²) in [6.45, 7) is 7.97. The van der Waals surface area contributed by atoms with Crippen molar-refractivity contribution in [3.8, 4) is 0 Å². The molecule has 0 amide bonds. The van der Waals surface area contributed by atoms with E-state index < -0.39 is 22.9 Å². The predicted octanol–water partition coefficient (Wildman–Crippen LogP) is 5.37. The van der Waals surface area contributed by atoms with Crippen molar-refractivity contribution in [2.45, 2.75) is 46.0 Å². The van der Waals surface area contributed by atoms with Gasteiger partial charge >= 0.3 is 0 Å². The summed E-state index contributed by atoms with van der Waals surface area (Å²) in [4.78, 5) is 0. The van der Waals surface area contributed by atoms with Gasteiger partial charge in [0.2, 0.25) is 0 Å². The highest BCUT2D eigenvalue weighted by atomic mass is 19.1. The molecule has 110 valence electrons. The van der Waals surface area contributed by atoms with E-state index in [1.165, 1.54) is 0 Å². The van der Waals surface area contributed by atoms with Gasteiger partial charge in [0.25, 0.3) is 0 Å². The summed E-state index contributed by atoms with van der Waals surface area (Å²) in [5.74, 6) is -2.01. The molecule has 1 unspecified atom stereocenters. The van der Waals surface area contributed by atoms with E-state index in [9.17, 15) is 13.2 Å². The zero-order chi connectivity index (χ0) is 15.1. The van der Waals surface area contributed by atoms with Crippen LogP contribution in [0.25, 0.3) is 0 Å². The van der Waals surface area contributed by atoms with Crippen molar-refractivity contribution in [1.82, 2.24) is 0 Å². The minimum absolute atomic E-state index is 0.00310. The first-order chi connectivity index (χ1) is 9.25. The van der Waals surface area contributed by atoms with Gasteiger partial charge in [-0.3, -0.25) is 0 Å². The molecular weight excluding hydrogens is 261 g/mol. The molecule has 0 saturated carbocycles. The molecule has 2 rings (SSSR count). The number of allylic oxidation sites excluding steroid dienone is 2. The Morgan fingerprint density at radius 2 is 1.70 bits per heavy atom. The molecule has 0 spiro atoms. The largest absolute Gasteiger partial charge is 0.207 e. The van der Waals surface area contributed by atoms with Gasteiger partial charge in [0.05, 0.1) is 0 Å². The smallest absolute Gasteiger partial charge is 0.133 e. The van der Waals surface area contributed by atoms with Crippen LogP contribution in [0.4, 0.5) is 13.2 Å². The summed E-state index contributed by atoms with van der Waals surface area (Å²) < 4.78 is 41.5. The molecule has 0 radical (unpaired) electrons. The first-order valence-corrected chi connectivity index (χ1v) is 7.09. The van der Waals surface area contributed by atoms with E-state index in [-0.39, 0.29) is 11.5 Å². The third-order valence-electron chi connectivity index (χ3n) is 4.52. The van der Waals surface area contributed by atoms with Gasteiger partial charge in [0.15, 0.2) is 0 Å². The third kappa shape index (κ3) is 2.50. The first-order valence-electron chi connectivity index (χ1n) is 7.09. The summed E-state index contributed by atoms with van der Waals surface area (Å²) in [6.07, 6.45) is 3.80. The first kappa shape index (κ1) is 15.1. The maximum absolute atomic E-state index is 14.2. The van der Waals surface area contributed by atoms with Crippen molar-refractivity contribution in [2.24, 2.45) is 11.8 Å². The summed E-state index contributed by atoms with van der Waals surface area (Å²) in [5.41, 5.74) is 0.405. The van der Waals surface area contributed by atoms with E-state index >= 15 is 0 Å². The molecule has 1 aromatic rings. The molecule has 3 heteroatoms. The number of rotatable bonds is 2. The molecule has 0 aliphatic heterocycles. The molecule has 0 saturated heterocycles. The molecule has 1 aliphatic carbocycles. The molecule has 2 atom stereocenters. The van der Waals surface area contributed by atoms with E-state index in [0.29, 0.717) is 5.92 Å². The highest BCUT2D eigenvalue weighted by Crippen LogP contribution is 2.46. The Labute approximate surface area is 118 Å². The van der Waals surface area contributed by atoms with E-state index in [1.807, 2.05) is 19.9 Å². The zero-order valence-corrected chi connectivity index (χ0v) is 12.4. The lowest BCUT2D eigenvalue weighted by molar-refractivity contribution is 0.226. The third-order valence-corrected chi connectivity index (χ3v) is 4.52. The zero-order valence-electron chi connectivity index (χ0n) is 12.4. The van der Waals surface area contributed by atoms with Gasteiger partial charge in [-0.25, -0.2) is 13.2 Å². The highest BCUT2D eigenvalue weighted by Gasteiger charge is 2.41. The Hall–Kier alpha value is -1.25. The molecule has 20 heavy (non-hydrogen) atoms. The summed E-state index contributed by atoms with van der Waals surface area (Å²) in [6, 6.07) is 1.55. The van der Waals surface area contributed by atoms with Crippen LogP contribution in [-0.2, 0) is 5.41 Å². The maximum Gasteiger partial charge on any atom is 0.133 e. The van der Waals surface area contributed by atoms with Crippen LogP contribution in [0, 0.1) is 29.3 Å². The maximum atomic E-state index is 14.2. The molecule has 1 aliphatic rings. The van der Waals surface area contributed by atoms with Crippen LogP contribution in [0.5, 0.6) is 0 Å². The van der Waals surface area contributed by atoms with E-state index in [2.05, 4.69) is 13.8 Å². The van der Waals surface area contributed by atoms with Gasteiger partial charge in [0, 0.05) is 23.1 Å². The normalized spacial score (nSPS) is 26.8. The Morgan fingerprint density at radius 1 is 1.15 bits per heavy atom. The molecule has 0 N–H and O–H groups in total. The lowest BCUT2D eigenvalue weighted by Crippen LogP contribution is -2.38. The molecule has 0 fully saturated rings. The minimum atomic E-state index is -0.870. The second-order valence-corrected chi connectivity index (χ2v) is 6.41. The fraction of sp³-hybridized carbons (Fsp3) is 0.529. The van der Waals surface area contributed by atoms with Crippen molar-refractivity contribution in [3.63, 3.8) is 0 Å². The van der Waals surface area contributed by atoms with Crippen LogP contribution in [0.15, 0.2) is 23.8 Å². The van der Waals surface area contributed by atoms with Gasteiger partial charge in [0.1, 0.15) is 17.5 Å². The van der Waals surface area contributed by atoms with Gasteiger partial charge in [-0.1, -0.05) is 32.4 Å². The fourth-order valence-corrected chi connectivity index (χ4v) is 3.71. The topological polar surface area (TPSA) is 0 Å². The summed E-state index contributed by atoms with van der Waals surface area (Å²) in [5, 5.41) is 0. The Morgan fingerprint density at radius 3 is 2.20 bits per heavy atom. The SMILES string of the molecule is CC1=C[C@](C)(c2c(F)cc(F)cc2F)C(C(C)C)CC1. The second kappa shape index (κ2) is 5.27. The van der Waals surface area contributed by atoms with Crippen molar-refractivity contribution < 1.29 is 13.2 Å². The van der Waals surface area contributed by atoms with Gasteiger partial charge in [-0.2, -0.15) is 0 Å². The van der Waals surface area contributed by atoms with Crippen molar-refractivity contribution >= 4 is 0 Å². The summed E-state index contributed by atoms with van der Waals surface area (Å²) >= 11 is 0. The molecular formula is C17H21F3. The van der Waals surface area contributed by atoms with Gasteiger partial charge in [-0.05, 0) is 31.6 Å². The van der Waals surface area contributed by atoms with Crippen molar-refractivity contribution in [2.75, 3.05) is 0 Å². The average Bonchev–Trinajstić information content (AvgIpc) is 2.25. The van der Waals surface area contributed by atoms with Crippen molar-refractivity contribution in [1.29, 1.82) is 0 Å². The molecule has 0 bridgehead atoms. The number of halogens is 3. The van der Waals surface area contributed by atoms with Gasteiger partial charge in [-0.15, -0.1) is 0 Å². The number of benzene rings is 1. The van der Waals surface area contributed by atoms with Crippen LogP contribution in [0.1, 0.15) is 46.1 Å². The standard InChI is InChI=1S/C17H21F3/c1-10(2)13-6-5-11(3)9-17(13,4)16-14(19)7-12(18)8-15(16)20/h7-10,13H,5-6H2,1-4H3/t13?,17-/m0/s1. The van der Waals surface area contributed by atoms with Crippen LogP contribution >= 0.6 is 0 Å². The molecule has 0 aromatic heterocycles. The van der Waals surface area contributed by atoms with Crippen LogP contribution in [0.2, 0.25) is 0 Å². The molecule has 0 heterocycles. The Balaban J connectivity index is 2.65. The predicted molar refractivity (Wildman–Crippen MR) is 75.0 cm³/mol.